The summed E-state index contributed by atoms with van der Waals surface area (Å²) in [7, 11) is 0. The van der Waals surface area contributed by atoms with Gasteiger partial charge in [0, 0.05) is 0 Å². The maximum atomic E-state index is 11.7. The maximum Gasteiger partial charge on any atom is 0.0894 e. The fraction of sp³-hybridized carbons (Fsp3) is 1.00. The van der Waals surface area contributed by atoms with Crippen LogP contribution in [0.25, 0.3) is 0 Å². The van der Waals surface area contributed by atoms with Gasteiger partial charge in [0.05, 0.1) is 12.8 Å². The van der Waals surface area contributed by atoms with E-state index in [2.05, 4.69) is 0 Å². The standard InChI is InChI=1S/C11H23FO/c1-2-11(13)9-7-5-3-4-6-8-10-12/h11,13H,2-10H2,1H3. The highest BCUT2D eigenvalue weighted by molar-refractivity contribution is 4.53. The number of unbranched alkanes of at least 4 members (excludes halogenated alkanes) is 5. The van der Waals surface area contributed by atoms with Crippen LogP contribution in [0, 0.1) is 0 Å². The Morgan fingerprint density at radius 1 is 1.00 bits per heavy atom. The molecular weight excluding hydrogens is 167 g/mol. The molecule has 0 aromatic rings. The number of hydrogen-bond acceptors (Lipinski definition) is 1. The van der Waals surface area contributed by atoms with Crippen LogP contribution >= 0.6 is 0 Å². The maximum absolute atomic E-state index is 11.7. The Bertz CT molecular complexity index is 96.1. The predicted octanol–water partition coefficient (Wildman–Crippen LogP) is 3.46. The smallest absolute Gasteiger partial charge is 0.0894 e. The lowest BCUT2D eigenvalue weighted by molar-refractivity contribution is 0.156. The number of halogens is 1. The highest BCUT2D eigenvalue weighted by Crippen LogP contribution is 2.09. The molecule has 0 aliphatic carbocycles. The highest BCUT2D eigenvalue weighted by atomic mass is 19.1. The van der Waals surface area contributed by atoms with Gasteiger partial charge in [0.15, 0.2) is 0 Å². The molecule has 0 saturated heterocycles. The van der Waals surface area contributed by atoms with E-state index >= 15 is 0 Å². The van der Waals surface area contributed by atoms with Crippen LogP contribution in [0.15, 0.2) is 0 Å². The minimum Gasteiger partial charge on any atom is -0.393 e. The summed E-state index contributed by atoms with van der Waals surface area (Å²) < 4.78 is 11.7. The molecule has 0 spiro atoms. The van der Waals surface area contributed by atoms with Crippen molar-refractivity contribution in [2.75, 3.05) is 6.67 Å². The van der Waals surface area contributed by atoms with Crippen molar-refractivity contribution in [2.24, 2.45) is 0 Å². The van der Waals surface area contributed by atoms with Crippen LogP contribution in [0.1, 0.15) is 58.3 Å². The Labute approximate surface area is 81.3 Å². The van der Waals surface area contributed by atoms with Gasteiger partial charge in [-0.2, -0.15) is 0 Å². The van der Waals surface area contributed by atoms with Gasteiger partial charge < -0.3 is 5.11 Å². The Kier molecular flexibility index (Phi) is 9.89. The van der Waals surface area contributed by atoms with Crippen molar-refractivity contribution < 1.29 is 9.50 Å². The van der Waals surface area contributed by atoms with E-state index in [4.69, 9.17) is 0 Å². The van der Waals surface area contributed by atoms with Gasteiger partial charge >= 0.3 is 0 Å². The Morgan fingerprint density at radius 2 is 1.54 bits per heavy atom. The van der Waals surface area contributed by atoms with E-state index in [9.17, 15) is 9.50 Å². The molecule has 0 fully saturated rings. The number of aliphatic hydroxyl groups excluding tert-OH is 1. The van der Waals surface area contributed by atoms with Gasteiger partial charge in [-0.15, -0.1) is 0 Å². The predicted molar refractivity (Wildman–Crippen MR) is 54.6 cm³/mol. The Morgan fingerprint density at radius 3 is 2.08 bits per heavy atom. The topological polar surface area (TPSA) is 20.2 Å². The molecule has 0 saturated carbocycles. The van der Waals surface area contributed by atoms with Crippen molar-refractivity contribution in [3.63, 3.8) is 0 Å². The molecule has 1 atom stereocenters. The summed E-state index contributed by atoms with van der Waals surface area (Å²) in [5.41, 5.74) is 0. The fourth-order valence-corrected chi connectivity index (χ4v) is 1.39. The van der Waals surface area contributed by atoms with Crippen molar-refractivity contribution >= 4 is 0 Å². The highest BCUT2D eigenvalue weighted by Gasteiger charge is 1.99. The zero-order chi connectivity index (χ0) is 9.94. The Hall–Kier alpha value is -0.110. The lowest BCUT2D eigenvalue weighted by Crippen LogP contribution is -2.03. The molecule has 0 radical (unpaired) electrons. The van der Waals surface area contributed by atoms with Crippen LogP contribution in [0.2, 0.25) is 0 Å². The van der Waals surface area contributed by atoms with Gasteiger partial charge in [0.1, 0.15) is 0 Å². The van der Waals surface area contributed by atoms with Crippen LogP contribution < -0.4 is 0 Å². The van der Waals surface area contributed by atoms with E-state index in [1.807, 2.05) is 6.92 Å². The van der Waals surface area contributed by atoms with E-state index in [0.29, 0.717) is 0 Å². The van der Waals surface area contributed by atoms with Crippen LogP contribution in [-0.4, -0.2) is 17.9 Å². The van der Waals surface area contributed by atoms with Crippen molar-refractivity contribution in [1.82, 2.24) is 0 Å². The van der Waals surface area contributed by atoms with E-state index in [0.717, 1.165) is 38.5 Å². The Balaban J connectivity index is 2.91. The van der Waals surface area contributed by atoms with Gasteiger partial charge in [-0.25, -0.2) is 0 Å². The van der Waals surface area contributed by atoms with Crippen LogP contribution in [0.5, 0.6) is 0 Å². The molecule has 0 bridgehead atoms. The number of aliphatic hydroxyl groups is 1. The molecule has 1 nitrogen and oxygen atoms in total. The second kappa shape index (κ2) is 9.97. The molecule has 0 heterocycles. The zero-order valence-corrected chi connectivity index (χ0v) is 8.77. The first-order valence-corrected chi connectivity index (χ1v) is 5.55. The first kappa shape index (κ1) is 12.9. The second-order valence-corrected chi connectivity index (χ2v) is 3.66. The molecule has 13 heavy (non-hydrogen) atoms. The summed E-state index contributed by atoms with van der Waals surface area (Å²) in [5.74, 6) is 0. The van der Waals surface area contributed by atoms with Gasteiger partial charge in [-0.05, 0) is 19.3 Å². The monoisotopic (exact) mass is 190 g/mol. The molecule has 2 heteroatoms. The molecule has 0 aromatic heterocycles. The van der Waals surface area contributed by atoms with Crippen LogP contribution in [0.3, 0.4) is 0 Å². The van der Waals surface area contributed by atoms with Crippen LogP contribution in [0.4, 0.5) is 4.39 Å². The average Bonchev–Trinajstić information content (AvgIpc) is 2.16. The summed E-state index contributed by atoms with van der Waals surface area (Å²) in [6, 6.07) is 0. The quantitative estimate of drug-likeness (QED) is 0.552. The summed E-state index contributed by atoms with van der Waals surface area (Å²) in [6.45, 7) is 1.83. The molecular formula is C11H23FO. The van der Waals surface area contributed by atoms with E-state index in [1.165, 1.54) is 12.8 Å². The van der Waals surface area contributed by atoms with E-state index < -0.39 is 0 Å². The van der Waals surface area contributed by atoms with Gasteiger partial charge in [0.2, 0.25) is 0 Å². The zero-order valence-electron chi connectivity index (χ0n) is 8.77. The molecule has 80 valence electrons. The normalized spacial score (nSPS) is 13.2. The third kappa shape index (κ3) is 9.81. The average molecular weight is 190 g/mol. The lowest BCUT2D eigenvalue weighted by atomic mass is 10.1. The summed E-state index contributed by atoms with van der Waals surface area (Å²) >= 11 is 0. The van der Waals surface area contributed by atoms with E-state index in [1.54, 1.807) is 0 Å². The number of hydrogen-bond donors (Lipinski definition) is 1. The summed E-state index contributed by atoms with van der Waals surface area (Å²) in [6.07, 6.45) is 8.06. The molecule has 0 rings (SSSR count). The van der Waals surface area contributed by atoms with Crippen LogP contribution in [-0.2, 0) is 0 Å². The largest absolute Gasteiger partial charge is 0.393 e. The molecule has 1 N–H and O–H groups in total. The molecule has 0 aliphatic heterocycles. The van der Waals surface area contributed by atoms with Gasteiger partial charge in [-0.3, -0.25) is 4.39 Å². The SMILES string of the molecule is CCC(O)CCCCCCCCF. The third-order valence-corrected chi connectivity index (χ3v) is 2.39. The molecule has 0 aromatic carbocycles. The molecule has 0 aliphatic rings. The van der Waals surface area contributed by atoms with Gasteiger partial charge in [0.25, 0.3) is 0 Å². The molecule has 0 amide bonds. The third-order valence-electron chi connectivity index (χ3n) is 2.39. The molecule has 1 unspecified atom stereocenters. The lowest BCUT2D eigenvalue weighted by Gasteiger charge is -2.06. The summed E-state index contributed by atoms with van der Waals surface area (Å²) in [4.78, 5) is 0. The fourth-order valence-electron chi connectivity index (χ4n) is 1.39. The van der Waals surface area contributed by atoms with Crippen molar-refractivity contribution in [1.29, 1.82) is 0 Å². The van der Waals surface area contributed by atoms with Crippen molar-refractivity contribution in [3.05, 3.63) is 0 Å². The first-order chi connectivity index (χ1) is 6.31. The second-order valence-electron chi connectivity index (χ2n) is 3.66. The minimum atomic E-state index is -0.172. The number of rotatable bonds is 9. The van der Waals surface area contributed by atoms with Gasteiger partial charge in [-0.1, -0.05) is 39.0 Å². The first-order valence-electron chi connectivity index (χ1n) is 5.55. The van der Waals surface area contributed by atoms with Crippen molar-refractivity contribution in [3.8, 4) is 0 Å². The van der Waals surface area contributed by atoms with Crippen molar-refractivity contribution in [2.45, 2.75) is 64.4 Å². The minimum absolute atomic E-state index is 0.106. The summed E-state index contributed by atoms with van der Waals surface area (Å²) in [5, 5.41) is 9.25. The number of alkyl halides is 1. The van der Waals surface area contributed by atoms with E-state index in [-0.39, 0.29) is 12.8 Å².